The van der Waals surface area contributed by atoms with E-state index in [-0.39, 0.29) is 17.2 Å². The molecule has 0 aliphatic carbocycles. The topological polar surface area (TPSA) is 42.2 Å². The van der Waals surface area contributed by atoms with Crippen molar-refractivity contribution < 1.29 is 9.21 Å². The summed E-state index contributed by atoms with van der Waals surface area (Å²) in [6.07, 6.45) is 3.32. The third-order valence-electron chi connectivity index (χ3n) is 2.63. The van der Waals surface area contributed by atoms with Gasteiger partial charge in [-0.25, -0.2) is 0 Å². The number of amides is 1. The number of halogens is 1. The highest BCUT2D eigenvalue weighted by Crippen LogP contribution is 2.24. The second-order valence-electron chi connectivity index (χ2n) is 3.94. The highest BCUT2D eigenvalue weighted by molar-refractivity contribution is 7.10. The lowest BCUT2D eigenvalue weighted by atomic mass is 10.1. The smallest absolute Gasteiger partial charge is 0.256 e. The van der Waals surface area contributed by atoms with Gasteiger partial charge in [-0.2, -0.15) is 0 Å². The Morgan fingerprint density at radius 3 is 2.94 bits per heavy atom. The summed E-state index contributed by atoms with van der Waals surface area (Å²) in [7, 11) is 0. The van der Waals surface area contributed by atoms with Gasteiger partial charge in [-0.3, -0.25) is 4.79 Å². The van der Waals surface area contributed by atoms with Gasteiger partial charge in [0.2, 0.25) is 5.22 Å². The van der Waals surface area contributed by atoms with Crippen LogP contribution in [-0.4, -0.2) is 5.91 Å². The van der Waals surface area contributed by atoms with E-state index in [9.17, 15) is 4.79 Å². The minimum atomic E-state index is -0.194. The quantitative estimate of drug-likeness (QED) is 0.890. The fourth-order valence-corrected chi connectivity index (χ4v) is 2.77. The Morgan fingerprint density at radius 2 is 2.39 bits per heavy atom. The van der Waals surface area contributed by atoms with E-state index in [1.165, 1.54) is 6.26 Å². The molecule has 0 saturated heterocycles. The van der Waals surface area contributed by atoms with E-state index in [2.05, 4.69) is 12.2 Å². The molecule has 1 amide bonds. The molecule has 1 N–H and O–H groups in total. The molecule has 0 spiro atoms. The Bertz CT molecular complexity index is 507. The van der Waals surface area contributed by atoms with Crippen molar-refractivity contribution in [1.29, 1.82) is 0 Å². The lowest BCUT2D eigenvalue weighted by Gasteiger charge is -2.16. The Labute approximate surface area is 115 Å². The number of hydrogen-bond acceptors (Lipinski definition) is 3. The Balaban J connectivity index is 2.10. The molecular formula is C13H14ClNO2S. The van der Waals surface area contributed by atoms with Crippen molar-refractivity contribution in [2.75, 3.05) is 0 Å². The van der Waals surface area contributed by atoms with Crippen LogP contribution in [0.25, 0.3) is 0 Å². The van der Waals surface area contributed by atoms with Gasteiger partial charge in [0.25, 0.3) is 5.91 Å². The van der Waals surface area contributed by atoms with Crippen molar-refractivity contribution in [2.24, 2.45) is 0 Å². The lowest BCUT2D eigenvalue weighted by Crippen LogP contribution is -2.27. The molecule has 3 nitrogen and oxygen atoms in total. The van der Waals surface area contributed by atoms with Crippen molar-refractivity contribution in [1.82, 2.24) is 5.32 Å². The summed E-state index contributed by atoms with van der Waals surface area (Å²) in [4.78, 5) is 13.2. The second kappa shape index (κ2) is 6.07. The standard InChI is InChI=1S/C13H14ClNO2S/c1-2-4-10(11-5-3-8-18-11)15-13(16)9-6-7-17-12(9)14/h3,5-8,10H,2,4H2,1H3,(H,15,16). The summed E-state index contributed by atoms with van der Waals surface area (Å²) in [5, 5.41) is 5.13. The van der Waals surface area contributed by atoms with Crippen LogP contribution in [0.1, 0.15) is 41.0 Å². The summed E-state index contributed by atoms with van der Waals surface area (Å²) >= 11 is 7.44. The summed E-state index contributed by atoms with van der Waals surface area (Å²) in [6.45, 7) is 2.09. The van der Waals surface area contributed by atoms with Gasteiger partial charge in [0.15, 0.2) is 0 Å². The highest BCUT2D eigenvalue weighted by atomic mass is 35.5. The van der Waals surface area contributed by atoms with E-state index in [0.717, 1.165) is 17.7 Å². The van der Waals surface area contributed by atoms with Crippen LogP contribution in [0.4, 0.5) is 0 Å². The van der Waals surface area contributed by atoms with Gasteiger partial charge in [0.1, 0.15) is 0 Å². The van der Waals surface area contributed by atoms with Gasteiger partial charge in [-0.1, -0.05) is 19.4 Å². The average Bonchev–Trinajstić information content (AvgIpc) is 2.98. The molecule has 2 heterocycles. The summed E-state index contributed by atoms with van der Waals surface area (Å²) in [5.41, 5.74) is 0.384. The molecule has 2 aromatic rings. The number of rotatable bonds is 5. The van der Waals surface area contributed by atoms with Crippen LogP contribution in [-0.2, 0) is 0 Å². The van der Waals surface area contributed by atoms with E-state index < -0.39 is 0 Å². The van der Waals surface area contributed by atoms with Gasteiger partial charge < -0.3 is 9.73 Å². The van der Waals surface area contributed by atoms with Gasteiger partial charge >= 0.3 is 0 Å². The van der Waals surface area contributed by atoms with Crippen LogP contribution < -0.4 is 5.32 Å². The molecule has 2 rings (SSSR count). The van der Waals surface area contributed by atoms with Crippen LogP contribution in [0.5, 0.6) is 0 Å². The van der Waals surface area contributed by atoms with Crippen molar-refractivity contribution in [2.45, 2.75) is 25.8 Å². The Morgan fingerprint density at radius 1 is 1.56 bits per heavy atom. The molecule has 0 radical (unpaired) electrons. The largest absolute Gasteiger partial charge is 0.452 e. The molecule has 1 unspecified atom stereocenters. The van der Waals surface area contributed by atoms with Crippen LogP contribution in [0, 0.1) is 0 Å². The molecule has 0 bridgehead atoms. The minimum absolute atomic E-state index is 0.0356. The molecule has 0 aliphatic heterocycles. The van der Waals surface area contributed by atoms with Crippen molar-refractivity contribution in [3.63, 3.8) is 0 Å². The van der Waals surface area contributed by atoms with Crippen molar-refractivity contribution in [3.05, 3.63) is 45.5 Å². The summed E-state index contributed by atoms with van der Waals surface area (Å²) in [5.74, 6) is -0.194. The van der Waals surface area contributed by atoms with Crippen molar-refractivity contribution >= 4 is 28.8 Å². The first kappa shape index (κ1) is 13.2. The molecule has 1 atom stereocenters. The number of furan rings is 1. The number of nitrogens with one attached hydrogen (secondary N) is 1. The second-order valence-corrected chi connectivity index (χ2v) is 5.26. The number of carbonyl (C=O) groups is 1. The lowest BCUT2D eigenvalue weighted by molar-refractivity contribution is 0.0935. The molecule has 0 fully saturated rings. The average molecular weight is 284 g/mol. The predicted molar refractivity (Wildman–Crippen MR) is 73.2 cm³/mol. The molecule has 0 aliphatic rings. The highest BCUT2D eigenvalue weighted by Gasteiger charge is 2.18. The van der Waals surface area contributed by atoms with Crippen LogP contribution in [0.2, 0.25) is 5.22 Å². The zero-order chi connectivity index (χ0) is 13.0. The number of hydrogen-bond donors (Lipinski definition) is 1. The van der Waals surface area contributed by atoms with Crippen molar-refractivity contribution in [3.8, 4) is 0 Å². The fourth-order valence-electron chi connectivity index (χ4n) is 1.76. The normalized spacial score (nSPS) is 12.3. The summed E-state index contributed by atoms with van der Waals surface area (Å²) in [6, 6.07) is 5.63. The zero-order valence-corrected chi connectivity index (χ0v) is 11.6. The fraction of sp³-hybridized carbons (Fsp3) is 0.308. The third-order valence-corrected chi connectivity index (χ3v) is 3.91. The van der Waals surface area contributed by atoms with E-state index in [1.54, 1.807) is 17.4 Å². The third kappa shape index (κ3) is 2.94. The van der Waals surface area contributed by atoms with Gasteiger partial charge in [-0.15, -0.1) is 11.3 Å². The van der Waals surface area contributed by atoms with E-state index >= 15 is 0 Å². The summed E-state index contributed by atoms with van der Waals surface area (Å²) < 4.78 is 4.93. The molecule has 0 saturated carbocycles. The molecular weight excluding hydrogens is 270 g/mol. The van der Waals surface area contributed by atoms with Crippen LogP contribution in [0.3, 0.4) is 0 Å². The monoisotopic (exact) mass is 283 g/mol. The van der Waals surface area contributed by atoms with Crippen LogP contribution in [0.15, 0.2) is 34.3 Å². The van der Waals surface area contributed by atoms with Gasteiger partial charge in [0, 0.05) is 4.88 Å². The predicted octanol–water partition coefficient (Wildman–Crippen LogP) is 4.27. The van der Waals surface area contributed by atoms with Crippen LogP contribution >= 0.6 is 22.9 Å². The first-order valence-electron chi connectivity index (χ1n) is 5.79. The molecule has 96 valence electrons. The van der Waals surface area contributed by atoms with Gasteiger partial charge in [0.05, 0.1) is 17.9 Å². The maximum absolute atomic E-state index is 12.1. The van der Waals surface area contributed by atoms with Gasteiger partial charge in [-0.05, 0) is 35.5 Å². The minimum Gasteiger partial charge on any atom is -0.452 e. The van der Waals surface area contributed by atoms with E-state index in [4.69, 9.17) is 16.0 Å². The molecule has 2 aromatic heterocycles. The Hall–Kier alpha value is -1.26. The number of thiophene rings is 1. The zero-order valence-electron chi connectivity index (χ0n) is 9.98. The number of carbonyl (C=O) groups excluding carboxylic acids is 1. The SMILES string of the molecule is CCCC(NC(=O)c1ccoc1Cl)c1cccs1. The molecule has 0 aromatic carbocycles. The molecule has 18 heavy (non-hydrogen) atoms. The maximum atomic E-state index is 12.1. The van der Waals surface area contributed by atoms with E-state index in [0.29, 0.717) is 5.56 Å². The molecule has 5 heteroatoms. The Kier molecular flexibility index (Phi) is 4.44. The first-order chi connectivity index (χ1) is 8.72. The van der Waals surface area contributed by atoms with E-state index in [1.807, 2.05) is 17.5 Å². The first-order valence-corrected chi connectivity index (χ1v) is 7.05. The maximum Gasteiger partial charge on any atom is 0.256 e.